The molecule has 1 aromatic carbocycles. The van der Waals surface area contributed by atoms with E-state index in [1.807, 2.05) is 13.8 Å². The van der Waals surface area contributed by atoms with Crippen LogP contribution in [0.4, 0.5) is 5.13 Å². The Bertz CT molecular complexity index is 1120. The van der Waals surface area contributed by atoms with Crippen LogP contribution in [-0.4, -0.2) is 21.6 Å². The minimum atomic E-state index is -0.509. The molecule has 142 valence electrons. The average Bonchev–Trinajstić information content (AvgIpc) is 3.11. The number of pyridine rings is 1. The summed E-state index contributed by atoms with van der Waals surface area (Å²) in [5, 5.41) is 12.3. The summed E-state index contributed by atoms with van der Waals surface area (Å²) >= 11 is 1.27. The first kappa shape index (κ1) is 19.3. The third-order valence-corrected chi connectivity index (χ3v) is 4.81. The second-order valence-corrected chi connectivity index (χ2v) is 7.34. The van der Waals surface area contributed by atoms with Gasteiger partial charge in [-0.3, -0.25) is 14.9 Å². The van der Waals surface area contributed by atoms with Gasteiger partial charge in [0.05, 0.1) is 16.5 Å². The molecule has 0 bridgehead atoms. The van der Waals surface area contributed by atoms with Crippen LogP contribution in [0.15, 0.2) is 47.5 Å². The molecule has 0 spiro atoms. The topological polar surface area (TPSA) is 97.0 Å². The lowest BCUT2D eigenvalue weighted by atomic mass is 10.1. The monoisotopic (exact) mass is 394 g/mol. The zero-order valence-electron chi connectivity index (χ0n) is 15.6. The lowest BCUT2D eigenvalue weighted by Gasteiger charge is -2.12. The van der Waals surface area contributed by atoms with Gasteiger partial charge in [-0.25, -0.2) is 4.98 Å². The second kappa shape index (κ2) is 8.06. The number of carbonyl (C=O) groups excluding carboxylic acids is 1. The quantitative estimate of drug-likeness (QED) is 0.715. The lowest BCUT2D eigenvalue weighted by molar-refractivity contribution is 0.102. The number of rotatable bonds is 5. The normalized spacial score (nSPS) is 10.5. The largest absolute Gasteiger partial charge is 0.490 e. The van der Waals surface area contributed by atoms with Gasteiger partial charge in [-0.2, -0.15) is 5.26 Å². The highest BCUT2D eigenvalue weighted by atomic mass is 32.1. The zero-order valence-corrected chi connectivity index (χ0v) is 16.4. The molecular formula is C20H18N4O3S. The second-order valence-electron chi connectivity index (χ2n) is 6.31. The maximum Gasteiger partial charge on any atom is 0.263 e. The highest BCUT2D eigenvalue weighted by Crippen LogP contribution is 2.33. The Labute approximate surface area is 165 Å². The molecule has 1 amide bonds. The van der Waals surface area contributed by atoms with Gasteiger partial charge in [0.15, 0.2) is 5.13 Å². The first-order valence-electron chi connectivity index (χ1n) is 8.53. The number of nitrogens with zero attached hydrogens (tertiary/aromatic N) is 3. The molecular weight excluding hydrogens is 376 g/mol. The Morgan fingerprint density at radius 2 is 2.14 bits per heavy atom. The van der Waals surface area contributed by atoms with E-state index in [0.29, 0.717) is 16.4 Å². The van der Waals surface area contributed by atoms with Crippen molar-refractivity contribution in [3.05, 3.63) is 64.2 Å². The number of hydrogen-bond donors (Lipinski definition) is 1. The molecule has 28 heavy (non-hydrogen) atoms. The zero-order chi connectivity index (χ0) is 20.3. The standard InChI is InChI=1S/C20H18N4O3S/c1-12(2)27-16-9-13(6-7-14(16)10-21)17-11-22-20(28-17)23-18(25)15-5-4-8-24(3)19(15)26/h4-9,11-12H,1-3H3,(H,22,23,25). The van der Waals surface area contributed by atoms with Crippen LogP contribution in [0, 0.1) is 11.3 Å². The van der Waals surface area contributed by atoms with Gasteiger partial charge in [-0.05, 0) is 43.7 Å². The number of amides is 1. The predicted octanol–water partition coefficient (Wildman–Crippen LogP) is 3.42. The van der Waals surface area contributed by atoms with Gasteiger partial charge in [-0.1, -0.05) is 17.4 Å². The first-order chi connectivity index (χ1) is 13.4. The maximum absolute atomic E-state index is 12.4. The number of anilines is 1. The summed E-state index contributed by atoms with van der Waals surface area (Å²) in [6, 6.07) is 10.5. The summed E-state index contributed by atoms with van der Waals surface area (Å²) in [6.07, 6.45) is 3.15. The van der Waals surface area contributed by atoms with Gasteiger partial charge in [0.1, 0.15) is 17.4 Å². The van der Waals surface area contributed by atoms with E-state index in [0.717, 1.165) is 10.4 Å². The molecule has 2 heterocycles. The number of aryl methyl sites for hydroxylation is 1. The van der Waals surface area contributed by atoms with Gasteiger partial charge in [0.2, 0.25) is 0 Å². The molecule has 0 atom stereocenters. The van der Waals surface area contributed by atoms with Gasteiger partial charge in [0.25, 0.3) is 11.5 Å². The van der Waals surface area contributed by atoms with E-state index >= 15 is 0 Å². The number of benzene rings is 1. The molecule has 0 fully saturated rings. The number of nitrogens with one attached hydrogen (secondary N) is 1. The van der Waals surface area contributed by atoms with Crippen LogP contribution in [0.5, 0.6) is 5.75 Å². The van der Waals surface area contributed by atoms with Crippen molar-refractivity contribution in [1.29, 1.82) is 5.26 Å². The fourth-order valence-corrected chi connectivity index (χ4v) is 3.33. The molecule has 3 rings (SSSR count). The molecule has 0 aliphatic heterocycles. The van der Waals surface area contributed by atoms with E-state index in [1.165, 1.54) is 22.0 Å². The summed E-state index contributed by atoms with van der Waals surface area (Å²) in [4.78, 5) is 29.5. The fraction of sp³-hybridized carbons (Fsp3) is 0.200. The third kappa shape index (κ3) is 4.10. The number of carbonyl (C=O) groups is 1. The molecule has 7 nitrogen and oxygen atoms in total. The summed E-state index contributed by atoms with van der Waals surface area (Å²) in [7, 11) is 1.59. The third-order valence-electron chi connectivity index (χ3n) is 3.84. The molecule has 8 heteroatoms. The summed E-state index contributed by atoms with van der Waals surface area (Å²) in [6.45, 7) is 3.78. The molecule has 2 aromatic heterocycles. The number of aromatic nitrogens is 2. The van der Waals surface area contributed by atoms with Crippen molar-refractivity contribution in [2.75, 3.05) is 5.32 Å². The van der Waals surface area contributed by atoms with Crippen molar-refractivity contribution < 1.29 is 9.53 Å². The molecule has 0 saturated heterocycles. The van der Waals surface area contributed by atoms with Crippen LogP contribution in [-0.2, 0) is 7.05 Å². The number of thiazole rings is 1. The SMILES string of the molecule is CC(C)Oc1cc(-c2cnc(NC(=O)c3cccn(C)c3=O)s2)ccc1C#N. The minimum Gasteiger partial charge on any atom is -0.490 e. The first-order valence-corrected chi connectivity index (χ1v) is 9.34. The van der Waals surface area contributed by atoms with Crippen molar-refractivity contribution in [2.45, 2.75) is 20.0 Å². The highest BCUT2D eigenvalue weighted by molar-refractivity contribution is 7.19. The van der Waals surface area contributed by atoms with E-state index in [2.05, 4.69) is 16.4 Å². The van der Waals surface area contributed by atoms with Crippen molar-refractivity contribution in [3.8, 4) is 22.3 Å². The summed E-state index contributed by atoms with van der Waals surface area (Å²) in [5.74, 6) is -0.00692. The maximum atomic E-state index is 12.4. The minimum absolute atomic E-state index is 0.0488. The summed E-state index contributed by atoms with van der Waals surface area (Å²) < 4.78 is 7.05. The summed E-state index contributed by atoms with van der Waals surface area (Å²) in [5.41, 5.74) is 0.950. The van der Waals surface area contributed by atoms with Crippen LogP contribution >= 0.6 is 11.3 Å². The molecule has 3 aromatic rings. The van der Waals surface area contributed by atoms with Gasteiger partial charge in [0, 0.05) is 19.4 Å². The van der Waals surface area contributed by atoms with E-state index in [1.54, 1.807) is 43.7 Å². The van der Waals surface area contributed by atoms with Gasteiger partial charge >= 0.3 is 0 Å². The molecule has 0 aliphatic rings. The van der Waals surface area contributed by atoms with Crippen molar-refractivity contribution in [2.24, 2.45) is 7.05 Å². The van der Waals surface area contributed by atoms with Crippen LogP contribution < -0.4 is 15.6 Å². The Kier molecular flexibility index (Phi) is 5.57. The van der Waals surface area contributed by atoms with E-state index in [-0.39, 0.29) is 17.2 Å². The predicted molar refractivity (Wildman–Crippen MR) is 108 cm³/mol. The van der Waals surface area contributed by atoms with E-state index < -0.39 is 5.91 Å². The fourth-order valence-electron chi connectivity index (χ4n) is 2.52. The van der Waals surface area contributed by atoms with Crippen molar-refractivity contribution >= 4 is 22.4 Å². The van der Waals surface area contributed by atoms with Crippen LogP contribution in [0.25, 0.3) is 10.4 Å². The molecule has 1 N–H and O–H groups in total. The lowest BCUT2D eigenvalue weighted by Crippen LogP contribution is -2.26. The molecule has 0 radical (unpaired) electrons. The highest BCUT2D eigenvalue weighted by Gasteiger charge is 2.15. The van der Waals surface area contributed by atoms with Gasteiger partial charge < -0.3 is 9.30 Å². The van der Waals surface area contributed by atoms with Crippen LogP contribution in [0.1, 0.15) is 29.8 Å². The van der Waals surface area contributed by atoms with Crippen LogP contribution in [0.3, 0.4) is 0 Å². The molecule has 0 aliphatic carbocycles. The van der Waals surface area contributed by atoms with Crippen molar-refractivity contribution in [1.82, 2.24) is 9.55 Å². The average molecular weight is 394 g/mol. The Balaban J connectivity index is 1.84. The van der Waals surface area contributed by atoms with Crippen molar-refractivity contribution in [3.63, 3.8) is 0 Å². The van der Waals surface area contributed by atoms with E-state index in [9.17, 15) is 14.9 Å². The number of hydrogen-bond acceptors (Lipinski definition) is 6. The molecule has 0 saturated carbocycles. The number of ether oxygens (including phenoxy) is 1. The smallest absolute Gasteiger partial charge is 0.263 e. The molecule has 0 unspecified atom stereocenters. The van der Waals surface area contributed by atoms with Crippen LogP contribution in [0.2, 0.25) is 0 Å². The van der Waals surface area contributed by atoms with E-state index in [4.69, 9.17) is 4.74 Å². The Hall–Kier alpha value is -3.44. The Morgan fingerprint density at radius 1 is 1.36 bits per heavy atom. The van der Waals surface area contributed by atoms with Gasteiger partial charge in [-0.15, -0.1) is 0 Å². The number of nitriles is 1. The Morgan fingerprint density at radius 3 is 2.86 bits per heavy atom.